The predicted molar refractivity (Wildman–Crippen MR) is 168 cm³/mol. The van der Waals surface area contributed by atoms with Crippen molar-refractivity contribution < 1.29 is 19.1 Å². The Morgan fingerprint density at radius 3 is 1.51 bits per heavy atom. The molecule has 0 saturated heterocycles. The van der Waals surface area contributed by atoms with Crippen molar-refractivity contribution in [3.63, 3.8) is 0 Å². The van der Waals surface area contributed by atoms with Gasteiger partial charge in [0.1, 0.15) is 22.9 Å². The summed E-state index contributed by atoms with van der Waals surface area (Å²) < 4.78 is 12.1. The first kappa shape index (κ1) is 26.0. The van der Waals surface area contributed by atoms with E-state index in [0.29, 0.717) is 11.4 Å². The molecule has 0 atom stereocenters. The summed E-state index contributed by atoms with van der Waals surface area (Å²) in [5, 5.41) is 4.03. The number of allylic oxidation sites excluding steroid dienone is 2. The highest BCUT2D eigenvalue weighted by Crippen LogP contribution is 2.47. The summed E-state index contributed by atoms with van der Waals surface area (Å²) in [7, 11) is 0. The molecule has 3 heterocycles. The fraction of sp³-hybridized carbons (Fsp3) is 0.0270. The standard InChI is InChI=1S/C37H24N2O4/c40-32(30-5-1-3-19-38-30)15-9-24-7-13-28-26(21-24)11-17-34-36(28)37-29-14-8-25(10-16-33(41)31-6-2-4-20-39-31)22-27(29)12-18-35(37)43-23-42-34/h1-22H,23H2/b15-9+,16-10+. The normalized spacial score (nSPS) is 12.5. The quantitative estimate of drug-likeness (QED) is 0.152. The molecule has 6 nitrogen and oxygen atoms in total. The van der Waals surface area contributed by atoms with Gasteiger partial charge in [-0.25, -0.2) is 0 Å². The van der Waals surface area contributed by atoms with E-state index in [1.54, 1.807) is 73.1 Å². The number of nitrogens with zero attached hydrogens (tertiary/aromatic N) is 2. The number of rotatable bonds is 6. The molecule has 1 aliphatic heterocycles. The minimum Gasteiger partial charge on any atom is -0.457 e. The van der Waals surface area contributed by atoms with Crippen LogP contribution >= 0.6 is 0 Å². The Kier molecular flexibility index (Phi) is 6.77. The van der Waals surface area contributed by atoms with Crippen molar-refractivity contribution in [1.82, 2.24) is 9.97 Å². The first-order valence-corrected chi connectivity index (χ1v) is 13.8. The van der Waals surface area contributed by atoms with Gasteiger partial charge in [0, 0.05) is 23.5 Å². The Bertz CT molecular complexity index is 1930. The number of ether oxygens (including phenoxy) is 2. The van der Waals surface area contributed by atoms with Crippen LogP contribution in [-0.2, 0) is 0 Å². The number of hydrogen-bond donors (Lipinski definition) is 0. The molecule has 7 rings (SSSR count). The number of benzene rings is 4. The molecular weight excluding hydrogens is 536 g/mol. The van der Waals surface area contributed by atoms with Crippen molar-refractivity contribution in [3.8, 4) is 22.6 Å². The molecule has 0 saturated carbocycles. The number of carbonyl (C=O) groups excluding carboxylic acids is 2. The lowest BCUT2D eigenvalue weighted by molar-refractivity contribution is 0.103. The van der Waals surface area contributed by atoms with Crippen LogP contribution in [0.5, 0.6) is 11.5 Å². The maximum atomic E-state index is 12.5. The van der Waals surface area contributed by atoms with Crippen molar-refractivity contribution >= 4 is 45.3 Å². The van der Waals surface area contributed by atoms with Crippen LogP contribution < -0.4 is 9.47 Å². The number of pyridine rings is 2. The van der Waals surface area contributed by atoms with Crippen molar-refractivity contribution in [2.24, 2.45) is 0 Å². The molecule has 0 amide bonds. The Hall–Kier alpha value is -5.88. The van der Waals surface area contributed by atoms with Crippen molar-refractivity contribution in [3.05, 3.63) is 144 Å². The SMILES string of the molecule is O=C(/C=C/c1ccc2c3c(ccc2c1)OCOc1ccc2cc(/C=C/C(=O)c4ccccn4)ccc2c1-3)c1ccccn1. The van der Waals surface area contributed by atoms with E-state index in [9.17, 15) is 9.59 Å². The lowest BCUT2D eigenvalue weighted by Gasteiger charge is -2.14. The predicted octanol–water partition coefficient (Wildman–Crippen LogP) is 7.97. The van der Waals surface area contributed by atoms with Crippen LogP contribution in [0.15, 0.2) is 122 Å². The van der Waals surface area contributed by atoms with E-state index < -0.39 is 0 Å². The van der Waals surface area contributed by atoms with Gasteiger partial charge in [-0.2, -0.15) is 0 Å². The molecule has 1 aliphatic rings. The number of aromatic nitrogens is 2. The summed E-state index contributed by atoms with van der Waals surface area (Å²) in [5.41, 5.74) is 4.51. The zero-order valence-electron chi connectivity index (χ0n) is 22.9. The second-order valence-electron chi connectivity index (χ2n) is 10.1. The molecule has 6 heteroatoms. The van der Waals surface area contributed by atoms with Gasteiger partial charge in [-0.05, 0) is 93.4 Å². The Balaban J connectivity index is 1.27. The highest BCUT2D eigenvalue weighted by Gasteiger charge is 2.22. The van der Waals surface area contributed by atoms with Crippen molar-refractivity contribution in [2.75, 3.05) is 6.79 Å². The summed E-state index contributed by atoms with van der Waals surface area (Å²) in [6.07, 6.45) is 9.92. The maximum Gasteiger partial charge on any atom is 0.230 e. The van der Waals surface area contributed by atoms with Crippen LogP contribution in [-0.4, -0.2) is 28.3 Å². The van der Waals surface area contributed by atoms with Gasteiger partial charge >= 0.3 is 0 Å². The average molecular weight is 561 g/mol. The van der Waals surface area contributed by atoms with Crippen LogP contribution in [0, 0.1) is 0 Å². The molecule has 0 N–H and O–H groups in total. The van der Waals surface area contributed by atoms with Crippen LogP contribution in [0.3, 0.4) is 0 Å². The molecule has 2 aromatic heterocycles. The monoisotopic (exact) mass is 560 g/mol. The zero-order valence-corrected chi connectivity index (χ0v) is 22.9. The van der Waals surface area contributed by atoms with Gasteiger partial charge < -0.3 is 9.47 Å². The Labute approximate surface area is 247 Å². The zero-order chi connectivity index (χ0) is 29.2. The van der Waals surface area contributed by atoms with Gasteiger partial charge in [0.25, 0.3) is 0 Å². The fourth-order valence-electron chi connectivity index (χ4n) is 5.31. The fourth-order valence-corrected chi connectivity index (χ4v) is 5.31. The summed E-state index contributed by atoms with van der Waals surface area (Å²) in [6, 6.07) is 30.7. The van der Waals surface area contributed by atoms with E-state index in [4.69, 9.17) is 9.47 Å². The molecule has 0 spiro atoms. The van der Waals surface area contributed by atoms with E-state index in [1.165, 1.54) is 0 Å². The average Bonchev–Trinajstić information content (AvgIpc) is 3.26. The van der Waals surface area contributed by atoms with Gasteiger partial charge in [0.05, 0.1) is 0 Å². The van der Waals surface area contributed by atoms with Gasteiger partial charge in [0.2, 0.25) is 18.4 Å². The first-order valence-electron chi connectivity index (χ1n) is 13.8. The first-order chi connectivity index (χ1) is 21.1. The molecule has 0 radical (unpaired) electrons. The summed E-state index contributed by atoms with van der Waals surface area (Å²) >= 11 is 0. The minimum absolute atomic E-state index is 0.101. The van der Waals surface area contributed by atoms with Gasteiger partial charge in [-0.15, -0.1) is 0 Å². The summed E-state index contributed by atoms with van der Waals surface area (Å²) in [5.74, 6) is 1.17. The third-order valence-electron chi connectivity index (χ3n) is 7.38. The van der Waals surface area contributed by atoms with E-state index in [0.717, 1.165) is 55.3 Å². The molecule has 0 bridgehead atoms. The number of hydrogen-bond acceptors (Lipinski definition) is 6. The molecular formula is C37H24N2O4. The maximum absolute atomic E-state index is 12.5. The lowest BCUT2D eigenvalue weighted by Crippen LogP contribution is -2.03. The largest absolute Gasteiger partial charge is 0.457 e. The van der Waals surface area contributed by atoms with E-state index in [-0.39, 0.29) is 18.4 Å². The van der Waals surface area contributed by atoms with Gasteiger partial charge in [0.15, 0.2) is 0 Å². The van der Waals surface area contributed by atoms with Gasteiger partial charge in [-0.3, -0.25) is 19.6 Å². The Morgan fingerprint density at radius 2 is 1.07 bits per heavy atom. The van der Waals surface area contributed by atoms with E-state index in [1.807, 2.05) is 36.4 Å². The second kappa shape index (κ2) is 11.2. The topological polar surface area (TPSA) is 78.4 Å². The second-order valence-corrected chi connectivity index (χ2v) is 10.1. The van der Waals surface area contributed by atoms with Crippen LogP contribution in [0.25, 0.3) is 44.8 Å². The lowest BCUT2D eigenvalue weighted by atomic mass is 9.91. The highest BCUT2D eigenvalue weighted by atomic mass is 16.7. The van der Waals surface area contributed by atoms with Crippen LogP contribution in [0.2, 0.25) is 0 Å². The van der Waals surface area contributed by atoms with E-state index >= 15 is 0 Å². The molecule has 6 aromatic rings. The van der Waals surface area contributed by atoms with Crippen molar-refractivity contribution in [2.45, 2.75) is 0 Å². The molecule has 4 aromatic carbocycles. The third-order valence-corrected chi connectivity index (χ3v) is 7.38. The van der Waals surface area contributed by atoms with E-state index in [2.05, 4.69) is 34.2 Å². The number of carbonyl (C=O) groups is 2. The minimum atomic E-state index is -0.149. The number of fused-ring (bicyclic) bond motifs is 7. The third kappa shape index (κ3) is 5.18. The molecule has 0 unspecified atom stereocenters. The number of ketones is 2. The molecule has 43 heavy (non-hydrogen) atoms. The van der Waals surface area contributed by atoms with Crippen LogP contribution in [0.1, 0.15) is 32.1 Å². The molecule has 206 valence electrons. The smallest absolute Gasteiger partial charge is 0.230 e. The molecule has 0 fully saturated rings. The summed E-state index contributed by atoms with van der Waals surface area (Å²) in [4.78, 5) is 33.3. The highest BCUT2D eigenvalue weighted by molar-refractivity contribution is 6.11. The molecule has 0 aliphatic carbocycles. The Morgan fingerprint density at radius 1 is 0.581 bits per heavy atom. The van der Waals surface area contributed by atoms with Crippen molar-refractivity contribution in [1.29, 1.82) is 0 Å². The van der Waals surface area contributed by atoms with Gasteiger partial charge in [-0.1, -0.05) is 60.7 Å². The summed E-state index contributed by atoms with van der Waals surface area (Å²) in [6.45, 7) is 0.101. The van der Waals surface area contributed by atoms with Crippen LogP contribution in [0.4, 0.5) is 0 Å².